The van der Waals surface area contributed by atoms with Crippen LogP contribution >= 0.6 is 46.6 Å². The molecule has 2 amide bonds. The minimum absolute atomic E-state index is 0.111. The third-order valence-electron chi connectivity index (χ3n) is 6.77. The third-order valence-corrected chi connectivity index (χ3v) is 9.01. The van der Waals surface area contributed by atoms with Crippen LogP contribution in [0.3, 0.4) is 0 Å². The molecule has 0 unspecified atom stereocenters. The van der Waals surface area contributed by atoms with Gasteiger partial charge in [-0.2, -0.15) is 14.0 Å². The number of phenolic OH excluding ortho intramolecular Hbond substituents is 1. The summed E-state index contributed by atoms with van der Waals surface area (Å²) in [6.07, 6.45) is -0.309. The molecule has 2 N–H and O–H groups in total. The van der Waals surface area contributed by atoms with Crippen LogP contribution in [0.1, 0.15) is 46.1 Å². The number of carbonyl (C=O) groups is 2. The van der Waals surface area contributed by atoms with Crippen molar-refractivity contribution in [2.75, 3.05) is 18.1 Å². The highest BCUT2D eigenvalue weighted by Crippen LogP contribution is 2.45. The summed E-state index contributed by atoms with van der Waals surface area (Å²) < 4.78 is 33.2. The monoisotopic (exact) mass is 654 g/mol. The van der Waals surface area contributed by atoms with Gasteiger partial charge in [0.2, 0.25) is 0 Å². The van der Waals surface area contributed by atoms with E-state index in [1.54, 1.807) is 6.07 Å². The minimum Gasteiger partial charge on any atom is -0.506 e. The van der Waals surface area contributed by atoms with Crippen LogP contribution in [-0.2, 0) is 16.7 Å². The number of hydrogen-bond donors (Lipinski definition) is 2. The van der Waals surface area contributed by atoms with Crippen LogP contribution in [0.25, 0.3) is 0 Å². The number of halogens is 5. The SMILES string of the molecule is N#CC[C@@H]1c2cc(O)c(N3CCCOC3=O)cc2CN1C(=O)c1c(Sc2c(Cl)cccc2Cl)cc(C(F)(F)Cl)[nH]c1=O. The van der Waals surface area contributed by atoms with E-state index in [2.05, 4.69) is 0 Å². The second-order valence-electron chi connectivity index (χ2n) is 9.37. The van der Waals surface area contributed by atoms with Gasteiger partial charge >= 0.3 is 11.5 Å². The van der Waals surface area contributed by atoms with E-state index in [9.17, 15) is 33.5 Å². The van der Waals surface area contributed by atoms with Gasteiger partial charge in [-0.1, -0.05) is 41.0 Å². The maximum absolute atomic E-state index is 14.1. The summed E-state index contributed by atoms with van der Waals surface area (Å²) in [5, 5.41) is 16.7. The molecular formula is C27H19Cl3F2N4O5S. The Kier molecular flexibility index (Phi) is 8.31. The Hall–Kier alpha value is -3.50. The van der Waals surface area contributed by atoms with Crippen LogP contribution in [0.2, 0.25) is 10.0 Å². The molecule has 0 bridgehead atoms. The highest BCUT2D eigenvalue weighted by molar-refractivity contribution is 7.99. The number of rotatable bonds is 6. The number of aromatic amines is 1. The maximum Gasteiger partial charge on any atom is 0.414 e. The van der Waals surface area contributed by atoms with E-state index in [0.717, 1.165) is 17.8 Å². The van der Waals surface area contributed by atoms with Gasteiger partial charge in [-0.05, 0) is 59.5 Å². The van der Waals surface area contributed by atoms with Crippen LogP contribution in [0.4, 0.5) is 19.3 Å². The molecule has 1 saturated heterocycles. The summed E-state index contributed by atoms with van der Waals surface area (Å²) in [4.78, 5) is 44.1. The number of aromatic hydroxyl groups is 1. The number of hydrogen-bond acceptors (Lipinski definition) is 7. The summed E-state index contributed by atoms with van der Waals surface area (Å²) in [5.41, 5.74) is -1.48. The number of anilines is 1. The zero-order valence-corrected chi connectivity index (χ0v) is 24.4. The van der Waals surface area contributed by atoms with E-state index in [1.165, 1.54) is 34.1 Å². The molecule has 1 atom stereocenters. The predicted octanol–water partition coefficient (Wildman–Crippen LogP) is 6.78. The molecule has 0 saturated carbocycles. The van der Waals surface area contributed by atoms with Gasteiger partial charge in [0.25, 0.3) is 11.5 Å². The summed E-state index contributed by atoms with van der Waals surface area (Å²) in [6.45, 7) is 0.435. The number of H-pyrrole nitrogens is 1. The first kappa shape index (κ1) is 30.0. The highest BCUT2D eigenvalue weighted by Gasteiger charge is 2.39. The van der Waals surface area contributed by atoms with Crippen LogP contribution < -0.4 is 10.5 Å². The molecule has 42 heavy (non-hydrogen) atoms. The highest BCUT2D eigenvalue weighted by atomic mass is 35.5. The Bertz CT molecular complexity index is 1690. The van der Waals surface area contributed by atoms with E-state index in [-0.39, 0.29) is 50.8 Å². The zero-order chi connectivity index (χ0) is 30.3. The Morgan fingerprint density at radius 2 is 1.95 bits per heavy atom. The summed E-state index contributed by atoms with van der Waals surface area (Å²) >= 11 is 18.5. The Morgan fingerprint density at radius 3 is 2.60 bits per heavy atom. The van der Waals surface area contributed by atoms with Gasteiger partial charge in [-0.25, -0.2) is 4.79 Å². The topological polar surface area (TPSA) is 127 Å². The molecule has 218 valence electrons. The average Bonchev–Trinajstić information content (AvgIpc) is 3.27. The van der Waals surface area contributed by atoms with Crippen molar-refractivity contribution in [3.8, 4) is 11.8 Å². The molecule has 2 aliphatic heterocycles. The first-order chi connectivity index (χ1) is 19.9. The molecule has 15 heteroatoms. The number of pyridine rings is 1. The fourth-order valence-corrected chi connectivity index (χ4v) is 6.60. The third kappa shape index (κ3) is 5.62. The van der Waals surface area contributed by atoms with Crippen molar-refractivity contribution in [1.29, 1.82) is 5.26 Å². The molecule has 1 fully saturated rings. The molecule has 0 spiro atoms. The van der Waals surface area contributed by atoms with Crippen molar-refractivity contribution in [1.82, 2.24) is 9.88 Å². The molecule has 0 radical (unpaired) electrons. The number of cyclic esters (lactones) is 1. The molecule has 2 aliphatic rings. The number of benzene rings is 2. The molecule has 3 aromatic rings. The van der Waals surface area contributed by atoms with Gasteiger partial charge in [-0.3, -0.25) is 14.5 Å². The second kappa shape index (κ2) is 11.6. The quantitative estimate of drug-likeness (QED) is 0.280. The largest absolute Gasteiger partial charge is 0.506 e. The number of ether oxygens (including phenoxy) is 1. The summed E-state index contributed by atoms with van der Waals surface area (Å²) in [6, 6.07) is 9.44. The van der Waals surface area contributed by atoms with Crippen molar-refractivity contribution in [2.24, 2.45) is 0 Å². The number of nitriles is 1. The fraction of sp³-hybridized carbons (Fsp3) is 0.259. The number of alkyl halides is 3. The first-order valence-electron chi connectivity index (χ1n) is 12.3. The molecule has 1 aromatic heterocycles. The van der Waals surface area contributed by atoms with Gasteiger partial charge in [0.1, 0.15) is 17.0 Å². The lowest BCUT2D eigenvalue weighted by Crippen LogP contribution is -2.37. The number of phenols is 1. The molecule has 9 nitrogen and oxygen atoms in total. The van der Waals surface area contributed by atoms with Crippen molar-refractivity contribution in [3.63, 3.8) is 0 Å². The zero-order valence-electron chi connectivity index (χ0n) is 21.3. The van der Waals surface area contributed by atoms with Gasteiger partial charge < -0.3 is 19.7 Å². The van der Waals surface area contributed by atoms with Gasteiger partial charge in [0, 0.05) is 22.9 Å². The van der Waals surface area contributed by atoms with Gasteiger partial charge in [-0.15, -0.1) is 0 Å². The normalized spacial score (nSPS) is 16.7. The summed E-state index contributed by atoms with van der Waals surface area (Å²) in [7, 11) is 0. The van der Waals surface area contributed by atoms with E-state index in [1.807, 2.05) is 11.1 Å². The molecule has 0 aliphatic carbocycles. The van der Waals surface area contributed by atoms with Crippen LogP contribution in [-0.4, -0.2) is 40.1 Å². The fourth-order valence-electron chi connectivity index (χ4n) is 4.86. The lowest BCUT2D eigenvalue weighted by Gasteiger charge is -2.27. The lowest BCUT2D eigenvalue weighted by atomic mass is 10.0. The Balaban J connectivity index is 1.59. The van der Waals surface area contributed by atoms with Crippen molar-refractivity contribution < 1.29 is 28.2 Å². The van der Waals surface area contributed by atoms with Crippen LogP contribution in [0.15, 0.2) is 51.0 Å². The molecule has 5 rings (SSSR count). The average molecular weight is 656 g/mol. The van der Waals surface area contributed by atoms with E-state index in [4.69, 9.17) is 39.5 Å². The van der Waals surface area contributed by atoms with Crippen molar-refractivity contribution >= 4 is 64.3 Å². The molecule has 2 aromatic carbocycles. The second-order valence-corrected chi connectivity index (χ2v) is 11.7. The predicted molar refractivity (Wildman–Crippen MR) is 152 cm³/mol. The number of amides is 2. The van der Waals surface area contributed by atoms with E-state index < -0.39 is 40.2 Å². The number of nitrogens with zero attached hydrogens (tertiary/aromatic N) is 3. The van der Waals surface area contributed by atoms with E-state index in [0.29, 0.717) is 24.1 Å². The molecular weight excluding hydrogens is 637 g/mol. The van der Waals surface area contributed by atoms with E-state index >= 15 is 0 Å². The smallest absolute Gasteiger partial charge is 0.414 e. The standard InChI is InChI=1S/C27H19Cl3F2N4O5S/c28-15-3-1-4-16(29)23(15)42-20-11-21(27(30,31)32)34-24(38)22(20)25(39)36-12-13-9-18(35-7-2-8-41-26(35)40)19(37)10-14(13)17(36)5-6-33/h1,3-4,9-11,17,37H,2,5,7-8,12H2,(H,34,38)/t17-/m1/s1. The summed E-state index contributed by atoms with van der Waals surface area (Å²) in [5.74, 6) is -1.14. The Labute approximate surface area is 256 Å². The first-order valence-corrected chi connectivity index (χ1v) is 14.3. The van der Waals surface area contributed by atoms with Crippen LogP contribution in [0.5, 0.6) is 5.75 Å². The molecule has 3 heterocycles. The number of carbonyl (C=O) groups excluding carboxylic acids is 2. The van der Waals surface area contributed by atoms with Crippen molar-refractivity contribution in [2.45, 2.75) is 40.6 Å². The Morgan fingerprint density at radius 1 is 1.24 bits per heavy atom. The maximum atomic E-state index is 14.1. The van der Waals surface area contributed by atoms with Gasteiger partial charge in [0.05, 0.1) is 40.9 Å². The number of aromatic nitrogens is 1. The minimum atomic E-state index is -3.96. The van der Waals surface area contributed by atoms with Crippen molar-refractivity contribution in [3.05, 3.63) is 79.2 Å². The lowest BCUT2D eigenvalue weighted by molar-refractivity contribution is 0.0684. The van der Waals surface area contributed by atoms with Crippen LogP contribution in [0, 0.1) is 11.3 Å². The number of fused-ring (bicyclic) bond motifs is 1. The van der Waals surface area contributed by atoms with Gasteiger partial charge in [0.15, 0.2) is 0 Å². The number of nitrogens with one attached hydrogen (secondary N) is 1.